The van der Waals surface area contributed by atoms with Crippen LogP contribution >= 0.6 is 11.6 Å². The molecule has 1 aromatic heterocycles. The number of hydrogen-bond donors (Lipinski definition) is 3. The first-order valence-corrected chi connectivity index (χ1v) is 13.9. The Hall–Kier alpha value is -2.63. The Kier molecular flexibility index (Phi) is 7.67. The minimum absolute atomic E-state index is 0.0784. The van der Waals surface area contributed by atoms with E-state index >= 15 is 0 Å². The van der Waals surface area contributed by atoms with E-state index in [2.05, 4.69) is 25.3 Å². The zero-order chi connectivity index (χ0) is 25.2. The number of ether oxygens (including phenoxy) is 1. The molecule has 2 heterocycles. The molecule has 0 saturated heterocycles. The number of hydrogen-bond acceptors (Lipinski definition) is 8. The number of nitrogens with one attached hydrogen (secondary N) is 3. The molecule has 4 rings (SSSR count). The molecule has 0 bridgehead atoms. The van der Waals surface area contributed by atoms with Gasteiger partial charge in [0.05, 0.1) is 30.9 Å². The molecule has 10 nitrogen and oxygen atoms in total. The van der Waals surface area contributed by atoms with Crippen LogP contribution in [0.2, 0.25) is 5.02 Å². The lowest BCUT2D eigenvalue weighted by Gasteiger charge is -2.32. The lowest BCUT2D eigenvalue weighted by Crippen LogP contribution is -2.48. The number of rotatable bonds is 7. The molecule has 1 saturated carbocycles. The summed E-state index contributed by atoms with van der Waals surface area (Å²) in [7, 11) is 0.0329. The number of carbonyl (C=O) groups excluding carboxylic acids is 1. The van der Waals surface area contributed by atoms with Gasteiger partial charge in [-0.1, -0.05) is 24.4 Å². The Morgan fingerprint density at radius 2 is 1.89 bits per heavy atom. The molecular weight excluding hydrogens is 492 g/mol. The van der Waals surface area contributed by atoms with Crippen molar-refractivity contribution in [3.8, 4) is 5.75 Å². The second kappa shape index (κ2) is 10.5. The van der Waals surface area contributed by atoms with Gasteiger partial charge in [-0.2, -0.15) is 4.98 Å². The summed E-state index contributed by atoms with van der Waals surface area (Å²) in [6.07, 6.45) is 8.08. The summed E-state index contributed by atoms with van der Waals surface area (Å²) < 4.78 is 32.1. The highest BCUT2D eigenvalue weighted by molar-refractivity contribution is 7.88. The molecule has 2 atom stereocenters. The number of anilines is 4. The first-order valence-electron chi connectivity index (χ1n) is 11.7. The Morgan fingerprint density at radius 1 is 1.14 bits per heavy atom. The van der Waals surface area contributed by atoms with Crippen LogP contribution in [-0.2, 0) is 21.2 Å². The fourth-order valence-corrected chi connectivity index (χ4v) is 5.75. The largest absolute Gasteiger partial charge is 0.494 e. The van der Waals surface area contributed by atoms with Crippen LogP contribution in [0.5, 0.6) is 5.75 Å². The fourth-order valence-electron chi connectivity index (χ4n) is 4.77. The topological polar surface area (TPSA) is 126 Å². The fraction of sp³-hybridized carbons (Fsp3) is 0.522. The normalized spacial score (nSPS) is 20.7. The SMILES string of the molecule is COc1c(Nc2ncc(Cl)c(N[C@@H]3CCCC[C@H]3NS(C)(=O)=O)n2)ccc2c1CCCC(=O)N2C. The zero-order valence-corrected chi connectivity index (χ0v) is 21.7. The Balaban J connectivity index is 1.59. The maximum Gasteiger partial charge on any atom is 0.229 e. The van der Waals surface area contributed by atoms with Gasteiger partial charge in [0, 0.05) is 31.1 Å². The van der Waals surface area contributed by atoms with Crippen molar-refractivity contribution in [2.24, 2.45) is 0 Å². The third-order valence-electron chi connectivity index (χ3n) is 6.44. The van der Waals surface area contributed by atoms with Crippen molar-refractivity contribution in [1.29, 1.82) is 0 Å². The maximum absolute atomic E-state index is 12.3. The van der Waals surface area contributed by atoms with E-state index in [4.69, 9.17) is 16.3 Å². The summed E-state index contributed by atoms with van der Waals surface area (Å²) in [6.45, 7) is 0. The number of aromatic nitrogens is 2. The maximum atomic E-state index is 12.3. The van der Waals surface area contributed by atoms with Gasteiger partial charge in [-0.25, -0.2) is 18.1 Å². The van der Waals surface area contributed by atoms with Crippen LogP contribution < -0.4 is 25.0 Å². The van der Waals surface area contributed by atoms with Crippen molar-refractivity contribution < 1.29 is 17.9 Å². The molecule has 1 fully saturated rings. The molecule has 1 aliphatic carbocycles. The van der Waals surface area contributed by atoms with E-state index in [0.29, 0.717) is 34.6 Å². The van der Waals surface area contributed by atoms with Crippen molar-refractivity contribution in [3.63, 3.8) is 0 Å². The highest BCUT2D eigenvalue weighted by atomic mass is 35.5. The number of fused-ring (bicyclic) bond motifs is 1. The zero-order valence-electron chi connectivity index (χ0n) is 20.1. The van der Waals surface area contributed by atoms with Crippen LogP contribution in [0.3, 0.4) is 0 Å². The minimum atomic E-state index is -3.34. The van der Waals surface area contributed by atoms with Crippen LogP contribution in [0.1, 0.15) is 44.1 Å². The van der Waals surface area contributed by atoms with Crippen LogP contribution in [0.4, 0.5) is 23.1 Å². The predicted molar refractivity (Wildman–Crippen MR) is 137 cm³/mol. The molecule has 190 valence electrons. The van der Waals surface area contributed by atoms with E-state index in [1.807, 2.05) is 12.1 Å². The molecule has 1 amide bonds. The van der Waals surface area contributed by atoms with E-state index in [0.717, 1.165) is 49.8 Å². The van der Waals surface area contributed by atoms with Crippen LogP contribution in [0, 0.1) is 0 Å². The number of methoxy groups -OCH3 is 1. The highest BCUT2D eigenvalue weighted by Gasteiger charge is 2.29. The second-order valence-electron chi connectivity index (χ2n) is 9.00. The lowest BCUT2D eigenvalue weighted by atomic mass is 9.91. The summed E-state index contributed by atoms with van der Waals surface area (Å²) in [5, 5.41) is 6.87. The molecule has 12 heteroatoms. The average molecular weight is 523 g/mol. The molecule has 1 aromatic carbocycles. The van der Waals surface area contributed by atoms with Crippen LogP contribution in [0.15, 0.2) is 18.3 Å². The van der Waals surface area contributed by atoms with Gasteiger partial charge in [0.15, 0.2) is 5.82 Å². The number of sulfonamides is 1. The number of amides is 1. The minimum Gasteiger partial charge on any atom is -0.494 e. The van der Waals surface area contributed by atoms with Crippen LogP contribution in [0.25, 0.3) is 0 Å². The summed E-state index contributed by atoms with van der Waals surface area (Å²) in [5.41, 5.74) is 2.46. The van der Waals surface area contributed by atoms with Gasteiger partial charge in [-0.05, 0) is 37.8 Å². The van der Waals surface area contributed by atoms with Crippen molar-refractivity contribution in [1.82, 2.24) is 14.7 Å². The van der Waals surface area contributed by atoms with Gasteiger partial charge in [-0.3, -0.25) is 4.79 Å². The average Bonchev–Trinajstić information content (AvgIpc) is 2.94. The third-order valence-corrected chi connectivity index (χ3v) is 7.44. The number of carbonyl (C=O) groups is 1. The van der Waals surface area contributed by atoms with Crippen molar-refractivity contribution in [3.05, 3.63) is 28.9 Å². The molecule has 0 radical (unpaired) electrons. The highest BCUT2D eigenvalue weighted by Crippen LogP contribution is 2.40. The van der Waals surface area contributed by atoms with Gasteiger partial charge in [0.1, 0.15) is 10.8 Å². The molecule has 0 spiro atoms. The predicted octanol–water partition coefficient (Wildman–Crippen LogP) is 3.45. The number of nitrogens with zero attached hydrogens (tertiary/aromatic N) is 3. The smallest absolute Gasteiger partial charge is 0.229 e. The van der Waals surface area contributed by atoms with Crippen molar-refractivity contribution in [2.75, 3.05) is 35.9 Å². The van der Waals surface area contributed by atoms with Gasteiger partial charge < -0.3 is 20.3 Å². The second-order valence-corrected chi connectivity index (χ2v) is 11.2. The summed E-state index contributed by atoms with van der Waals surface area (Å²) in [5.74, 6) is 1.46. The molecule has 1 aliphatic heterocycles. The molecular formula is C23H31ClN6O4S. The van der Waals surface area contributed by atoms with Gasteiger partial charge in [-0.15, -0.1) is 0 Å². The van der Waals surface area contributed by atoms with E-state index in [9.17, 15) is 13.2 Å². The first-order chi connectivity index (χ1) is 16.7. The summed E-state index contributed by atoms with van der Waals surface area (Å²) in [6, 6.07) is 3.34. The number of halogens is 1. The van der Waals surface area contributed by atoms with Gasteiger partial charge in [0.2, 0.25) is 21.9 Å². The van der Waals surface area contributed by atoms with E-state index in [1.54, 1.807) is 19.1 Å². The molecule has 2 aliphatic rings. The van der Waals surface area contributed by atoms with Crippen molar-refractivity contribution in [2.45, 2.75) is 57.0 Å². The first kappa shape index (κ1) is 25.5. The Morgan fingerprint density at radius 3 is 2.60 bits per heavy atom. The summed E-state index contributed by atoms with van der Waals surface area (Å²) >= 11 is 6.38. The molecule has 0 unspecified atom stereocenters. The third kappa shape index (κ3) is 5.96. The van der Waals surface area contributed by atoms with Crippen LogP contribution in [-0.4, -0.2) is 56.8 Å². The number of benzene rings is 1. The monoisotopic (exact) mass is 522 g/mol. The Labute approximate surface area is 210 Å². The van der Waals surface area contributed by atoms with E-state index in [1.165, 1.54) is 12.5 Å². The lowest BCUT2D eigenvalue weighted by molar-refractivity contribution is -0.118. The molecule has 35 heavy (non-hydrogen) atoms. The molecule has 2 aromatic rings. The van der Waals surface area contributed by atoms with E-state index < -0.39 is 10.0 Å². The van der Waals surface area contributed by atoms with E-state index in [-0.39, 0.29) is 18.0 Å². The van der Waals surface area contributed by atoms with Crippen molar-refractivity contribution >= 4 is 50.7 Å². The quantitative estimate of drug-likeness (QED) is 0.505. The van der Waals surface area contributed by atoms with Gasteiger partial charge in [0.25, 0.3) is 0 Å². The molecule has 3 N–H and O–H groups in total. The standard InChI is InChI=1S/C23H31ClN6O4S/c1-30-19-12-11-18(21(34-2)14(19)7-6-10-20(30)31)27-23-25-13-15(24)22(28-23)26-16-8-4-5-9-17(16)29-35(3,32)33/h11-13,16-17,29H,4-10H2,1-3H3,(H2,25,26,27,28)/t16-,17-/m1/s1. The Bertz CT molecular complexity index is 1210. The van der Waals surface area contributed by atoms with Gasteiger partial charge >= 0.3 is 0 Å². The summed E-state index contributed by atoms with van der Waals surface area (Å²) in [4.78, 5) is 22.8.